The van der Waals surface area contributed by atoms with Gasteiger partial charge in [0.25, 0.3) is 0 Å². The number of carbonyl (C=O) groups excluding carboxylic acids is 2. The molecule has 2 aromatic rings. The number of fused-ring (bicyclic) bond motifs is 1. The van der Waals surface area contributed by atoms with Gasteiger partial charge in [-0.1, -0.05) is 5.57 Å². The third-order valence-corrected chi connectivity index (χ3v) is 5.33. The Morgan fingerprint density at radius 1 is 0.968 bits per heavy atom. The number of carbonyl (C=O) groups is 2. The van der Waals surface area contributed by atoms with E-state index >= 15 is 0 Å². The summed E-state index contributed by atoms with van der Waals surface area (Å²) in [5.41, 5.74) is 3.53. The highest BCUT2D eigenvalue weighted by atomic mass is 16.6. The number of hydrogen-bond donors (Lipinski definition) is 0. The number of esters is 2. The molecule has 0 saturated carbocycles. The molecule has 1 aromatic carbocycles. The van der Waals surface area contributed by atoms with Crippen molar-refractivity contribution < 1.29 is 28.2 Å². The molecule has 6 heteroatoms. The van der Waals surface area contributed by atoms with Crippen molar-refractivity contribution in [3.05, 3.63) is 46.2 Å². The fourth-order valence-corrected chi connectivity index (χ4v) is 3.88. The van der Waals surface area contributed by atoms with Gasteiger partial charge in [-0.05, 0) is 77.7 Å². The van der Waals surface area contributed by atoms with Crippen LogP contribution in [0.1, 0.15) is 58.3 Å². The van der Waals surface area contributed by atoms with Gasteiger partial charge in [0.1, 0.15) is 17.1 Å². The number of allylic oxidation sites excluding steroid dienone is 2. The molecule has 1 aromatic heterocycles. The maximum Gasteiger partial charge on any atom is 0.347 e. The van der Waals surface area contributed by atoms with Gasteiger partial charge in [0, 0.05) is 24.2 Å². The van der Waals surface area contributed by atoms with Crippen LogP contribution < -0.4 is 4.74 Å². The summed E-state index contributed by atoms with van der Waals surface area (Å²) in [4.78, 5) is 24.6. The van der Waals surface area contributed by atoms with Gasteiger partial charge in [-0.3, -0.25) is 0 Å². The fraction of sp³-hybridized carbons (Fsp3) is 0.440. The van der Waals surface area contributed by atoms with E-state index < -0.39 is 11.9 Å². The number of benzene rings is 1. The van der Waals surface area contributed by atoms with Crippen molar-refractivity contribution in [3.8, 4) is 5.75 Å². The molecule has 31 heavy (non-hydrogen) atoms. The Morgan fingerprint density at radius 3 is 2.39 bits per heavy atom. The van der Waals surface area contributed by atoms with Gasteiger partial charge in [-0.15, -0.1) is 0 Å². The molecule has 1 fully saturated rings. The number of furan rings is 1. The number of hydrogen-bond acceptors (Lipinski definition) is 6. The van der Waals surface area contributed by atoms with E-state index in [4.69, 9.17) is 18.6 Å². The quantitative estimate of drug-likeness (QED) is 0.227. The molecule has 0 unspecified atom stereocenters. The SMILES string of the molecule is CCOCCCCCOc1ccc2oc(C)c(/C(C)=C3/C(=O)OC(=O)C3=C(C)C)c2c1. The molecule has 0 radical (unpaired) electrons. The van der Waals surface area contributed by atoms with Crippen LogP contribution >= 0.6 is 0 Å². The third kappa shape index (κ3) is 4.90. The zero-order valence-corrected chi connectivity index (χ0v) is 18.9. The molecule has 0 bridgehead atoms. The van der Waals surface area contributed by atoms with E-state index in [0.29, 0.717) is 34.7 Å². The van der Waals surface area contributed by atoms with Gasteiger partial charge >= 0.3 is 11.9 Å². The maximum absolute atomic E-state index is 12.4. The zero-order chi connectivity index (χ0) is 22.5. The molecule has 3 rings (SSSR count). The highest BCUT2D eigenvalue weighted by Crippen LogP contribution is 2.39. The van der Waals surface area contributed by atoms with E-state index in [-0.39, 0.29) is 0 Å². The Labute approximate surface area is 182 Å². The van der Waals surface area contributed by atoms with Gasteiger partial charge in [0.05, 0.1) is 17.8 Å². The molecule has 0 N–H and O–H groups in total. The van der Waals surface area contributed by atoms with Crippen molar-refractivity contribution >= 4 is 28.5 Å². The van der Waals surface area contributed by atoms with Crippen LogP contribution in [0.3, 0.4) is 0 Å². The fourth-order valence-electron chi connectivity index (χ4n) is 3.88. The van der Waals surface area contributed by atoms with Crippen LogP contribution in [0.4, 0.5) is 0 Å². The molecule has 6 nitrogen and oxygen atoms in total. The molecule has 166 valence electrons. The number of cyclic esters (lactones) is 2. The maximum atomic E-state index is 12.4. The van der Waals surface area contributed by atoms with Gasteiger partial charge < -0.3 is 18.6 Å². The van der Waals surface area contributed by atoms with Crippen LogP contribution in [-0.2, 0) is 19.1 Å². The summed E-state index contributed by atoms with van der Waals surface area (Å²) >= 11 is 0. The van der Waals surface area contributed by atoms with E-state index in [9.17, 15) is 9.59 Å². The second-order valence-electron chi connectivity index (χ2n) is 7.85. The Kier molecular flexibility index (Phi) is 7.33. The van der Waals surface area contributed by atoms with Crippen LogP contribution in [0.15, 0.2) is 39.3 Å². The Morgan fingerprint density at radius 2 is 1.68 bits per heavy atom. The number of unbranched alkanes of at least 4 members (excludes halogenated alkanes) is 2. The molecule has 1 aliphatic heterocycles. The standard InChI is InChI=1S/C25H30O6/c1-6-28-12-8-7-9-13-29-18-10-11-20-19(14-18)22(17(5)30-20)16(4)23-21(15(2)3)24(26)31-25(23)27/h10-11,14H,6-9,12-13H2,1-5H3/b23-16+. The van der Waals surface area contributed by atoms with Crippen LogP contribution in [0.25, 0.3) is 16.5 Å². The second-order valence-corrected chi connectivity index (χ2v) is 7.85. The first-order valence-corrected chi connectivity index (χ1v) is 10.7. The number of ether oxygens (including phenoxy) is 3. The Balaban J connectivity index is 1.87. The summed E-state index contributed by atoms with van der Waals surface area (Å²) in [5.74, 6) is 0.197. The summed E-state index contributed by atoms with van der Waals surface area (Å²) < 4.78 is 22.1. The molecule has 2 heterocycles. The van der Waals surface area contributed by atoms with Crippen LogP contribution in [0.5, 0.6) is 5.75 Å². The molecule has 0 spiro atoms. The minimum atomic E-state index is -0.619. The summed E-state index contributed by atoms with van der Waals surface area (Å²) in [5, 5.41) is 0.844. The van der Waals surface area contributed by atoms with E-state index in [1.807, 2.05) is 39.0 Å². The van der Waals surface area contributed by atoms with Crippen LogP contribution in [-0.4, -0.2) is 31.8 Å². The second kappa shape index (κ2) is 9.96. The summed E-state index contributed by atoms with van der Waals surface area (Å²) in [7, 11) is 0. The van der Waals surface area contributed by atoms with E-state index in [1.54, 1.807) is 13.8 Å². The van der Waals surface area contributed by atoms with Gasteiger partial charge in [0.15, 0.2) is 0 Å². The van der Waals surface area contributed by atoms with Gasteiger partial charge in [0.2, 0.25) is 0 Å². The predicted octanol–water partition coefficient (Wildman–Crippen LogP) is 5.52. The van der Waals surface area contributed by atoms with Crippen molar-refractivity contribution in [2.75, 3.05) is 19.8 Å². The molecule has 0 aliphatic carbocycles. The zero-order valence-electron chi connectivity index (χ0n) is 18.9. The van der Waals surface area contributed by atoms with Crippen molar-refractivity contribution in [2.45, 2.75) is 53.9 Å². The lowest BCUT2D eigenvalue weighted by Crippen LogP contribution is -2.00. The first-order chi connectivity index (χ1) is 14.8. The normalized spacial score (nSPS) is 15.6. The topological polar surface area (TPSA) is 75.0 Å². The Bertz CT molecular complexity index is 1050. The van der Waals surface area contributed by atoms with Crippen molar-refractivity contribution in [1.82, 2.24) is 0 Å². The minimum absolute atomic E-state index is 0.302. The monoisotopic (exact) mass is 426 g/mol. The van der Waals surface area contributed by atoms with E-state index in [0.717, 1.165) is 54.7 Å². The Hall–Kier alpha value is -2.86. The summed E-state index contributed by atoms with van der Waals surface area (Å²) in [6.45, 7) is 11.4. The highest BCUT2D eigenvalue weighted by Gasteiger charge is 2.37. The van der Waals surface area contributed by atoms with Crippen molar-refractivity contribution in [3.63, 3.8) is 0 Å². The highest BCUT2D eigenvalue weighted by molar-refractivity contribution is 6.22. The van der Waals surface area contributed by atoms with Gasteiger partial charge in [-0.2, -0.15) is 0 Å². The van der Waals surface area contributed by atoms with Crippen LogP contribution in [0.2, 0.25) is 0 Å². The summed E-state index contributed by atoms with van der Waals surface area (Å²) in [6.07, 6.45) is 3.02. The molecule has 1 saturated heterocycles. The van der Waals surface area contributed by atoms with Crippen molar-refractivity contribution in [1.29, 1.82) is 0 Å². The molecule has 1 aliphatic rings. The first kappa shape index (κ1) is 22.8. The molecular formula is C25H30O6. The summed E-state index contributed by atoms with van der Waals surface area (Å²) in [6, 6.07) is 5.68. The average molecular weight is 427 g/mol. The first-order valence-electron chi connectivity index (χ1n) is 10.7. The largest absolute Gasteiger partial charge is 0.494 e. The number of aryl methyl sites for hydroxylation is 1. The van der Waals surface area contributed by atoms with Crippen molar-refractivity contribution in [2.24, 2.45) is 0 Å². The lowest BCUT2D eigenvalue weighted by atomic mass is 9.93. The predicted molar refractivity (Wildman–Crippen MR) is 119 cm³/mol. The lowest BCUT2D eigenvalue weighted by Gasteiger charge is -2.08. The lowest BCUT2D eigenvalue weighted by molar-refractivity contribution is -0.149. The van der Waals surface area contributed by atoms with E-state index in [2.05, 4.69) is 0 Å². The molecule has 0 amide bonds. The third-order valence-electron chi connectivity index (χ3n) is 5.33. The molecule has 0 atom stereocenters. The van der Waals surface area contributed by atoms with Gasteiger partial charge in [-0.25, -0.2) is 9.59 Å². The smallest absolute Gasteiger partial charge is 0.347 e. The molecular weight excluding hydrogens is 396 g/mol. The van der Waals surface area contributed by atoms with Crippen LogP contribution in [0, 0.1) is 6.92 Å². The average Bonchev–Trinajstić information content (AvgIpc) is 3.21. The van der Waals surface area contributed by atoms with E-state index in [1.165, 1.54) is 0 Å². The minimum Gasteiger partial charge on any atom is -0.494 e. The number of rotatable bonds is 9.